The van der Waals surface area contributed by atoms with Crippen LogP contribution in [0.2, 0.25) is 0 Å². The molecule has 19 heavy (non-hydrogen) atoms. The van der Waals surface area contributed by atoms with Crippen molar-refractivity contribution in [2.24, 2.45) is 23.2 Å². The molecule has 0 aromatic rings. The Morgan fingerprint density at radius 1 is 1.26 bits per heavy atom. The molecule has 0 saturated heterocycles. The average Bonchev–Trinajstić information content (AvgIpc) is 2.45. The minimum absolute atomic E-state index is 0.0746. The topological polar surface area (TPSA) is 33.0 Å². The maximum absolute atomic E-state index is 9.59. The van der Waals surface area contributed by atoms with Crippen molar-refractivity contribution in [3.8, 4) is 6.07 Å². The van der Waals surface area contributed by atoms with E-state index in [1.54, 1.807) is 7.11 Å². The molecule has 2 saturated carbocycles. The number of nitriles is 1. The van der Waals surface area contributed by atoms with E-state index >= 15 is 0 Å². The van der Waals surface area contributed by atoms with Gasteiger partial charge in [0, 0.05) is 13.7 Å². The van der Waals surface area contributed by atoms with E-state index in [2.05, 4.69) is 13.0 Å². The number of methoxy groups -OCH3 is 1. The fourth-order valence-electron chi connectivity index (χ4n) is 4.46. The number of ether oxygens (including phenoxy) is 1. The maximum Gasteiger partial charge on any atom is 0.0690 e. The molecule has 2 aliphatic carbocycles. The minimum atomic E-state index is -0.0746. The summed E-state index contributed by atoms with van der Waals surface area (Å²) in [5.41, 5.74) is -0.0746. The third-order valence-electron chi connectivity index (χ3n) is 5.61. The Labute approximate surface area is 118 Å². The normalized spacial score (nSPS) is 38.5. The second-order valence-corrected chi connectivity index (χ2v) is 6.87. The molecule has 0 aliphatic heterocycles. The van der Waals surface area contributed by atoms with Gasteiger partial charge in [-0.2, -0.15) is 5.26 Å². The van der Waals surface area contributed by atoms with E-state index in [4.69, 9.17) is 4.74 Å². The van der Waals surface area contributed by atoms with Crippen LogP contribution in [0.5, 0.6) is 0 Å². The van der Waals surface area contributed by atoms with Gasteiger partial charge < -0.3 is 4.74 Å². The van der Waals surface area contributed by atoms with E-state index in [0.29, 0.717) is 0 Å². The van der Waals surface area contributed by atoms with Gasteiger partial charge in [-0.3, -0.25) is 0 Å². The summed E-state index contributed by atoms with van der Waals surface area (Å²) < 4.78 is 5.21. The molecule has 2 nitrogen and oxygen atoms in total. The van der Waals surface area contributed by atoms with Gasteiger partial charge >= 0.3 is 0 Å². The summed E-state index contributed by atoms with van der Waals surface area (Å²) in [6, 6.07) is 2.64. The minimum Gasteiger partial charge on any atom is -0.385 e. The standard InChI is InChI=1S/C17H29NO/c1-3-4-14-5-6-16-12-17(13-18,9-10-19-2)8-7-15(16)11-14/h14-16H,3-12H2,1-2H3/t14-,15+,16?,17+/m0/s1. The van der Waals surface area contributed by atoms with E-state index in [0.717, 1.165) is 43.6 Å². The lowest BCUT2D eigenvalue weighted by atomic mass is 9.59. The molecule has 0 spiro atoms. The molecule has 0 heterocycles. The third kappa shape index (κ3) is 3.51. The summed E-state index contributed by atoms with van der Waals surface area (Å²) in [4.78, 5) is 0. The number of hydrogen-bond acceptors (Lipinski definition) is 2. The zero-order valence-corrected chi connectivity index (χ0v) is 12.7. The van der Waals surface area contributed by atoms with Crippen LogP contribution in [-0.2, 0) is 4.74 Å². The van der Waals surface area contributed by atoms with Crippen molar-refractivity contribution in [3.63, 3.8) is 0 Å². The molecule has 0 aromatic heterocycles. The zero-order chi connectivity index (χ0) is 13.7. The quantitative estimate of drug-likeness (QED) is 0.729. The summed E-state index contributed by atoms with van der Waals surface area (Å²) in [7, 11) is 1.74. The Morgan fingerprint density at radius 2 is 2.11 bits per heavy atom. The van der Waals surface area contributed by atoms with Crippen LogP contribution in [0.25, 0.3) is 0 Å². The van der Waals surface area contributed by atoms with E-state index < -0.39 is 0 Å². The predicted molar refractivity (Wildman–Crippen MR) is 77.6 cm³/mol. The van der Waals surface area contributed by atoms with Gasteiger partial charge in [-0.15, -0.1) is 0 Å². The highest BCUT2D eigenvalue weighted by Crippen LogP contribution is 2.51. The summed E-state index contributed by atoms with van der Waals surface area (Å²) in [6.07, 6.45) is 11.4. The second kappa shape index (κ2) is 6.75. The average molecular weight is 263 g/mol. The Hall–Kier alpha value is -0.550. The van der Waals surface area contributed by atoms with Crippen LogP contribution in [-0.4, -0.2) is 13.7 Å². The van der Waals surface area contributed by atoms with Gasteiger partial charge in [-0.25, -0.2) is 0 Å². The fraction of sp³-hybridized carbons (Fsp3) is 0.941. The van der Waals surface area contributed by atoms with E-state index in [9.17, 15) is 5.26 Å². The van der Waals surface area contributed by atoms with E-state index in [1.807, 2.05) is 0 Å². The molecule has 108 valence electrons. The van der Waals surface area contributed by atoms with E-state index in [-0.39, 0.29) is 5.41 Å². The first kappa shape index (κ1) is 14.9. The largest absolute Gasteiger partial charge is 0.385 e. The first-order valence-corrected chi connectivity index (χ1v) is 8.13. The van der Waals surface area contributed by atoms with Gasteiger partial charge in [0.05, 0.1) is 11.5 Å². The van der Waals surface area contributed by atoms with Gasteiger partial charge in [0.1, 0.15) is 0 Å². The molecule has 2 fully saturated rings. The maximum atomic E-state index is 9.59. The zero-order valence-electron chi connectivity index (χ0n) is 12.7. The summed E-state index contributed by atoms with van der Waals surface area (Å²) in [6.45, 7) is 3.04. The molecule has 2 aliphatic rings. The highest BCUT2D eigenvalue weighted by atomic mass is 16.5. The van der Waals surface area contributed by atoms with Crippen molar-refractivity contribution in [1.82, 2.24) is 0 Å². The highest BCUT2D eigenvalue weighted by molar-refractivity contribution is 5.04. The van der Waals surface area contributed by atoms with Crippen molar-refractivity contribution in [1.29, 1.82) is 5.26 Å². The molecule has 0 aromatic carbocycles. The molecule has 0 bridgehead atoms. The first-order valence-electron chi connectivity index (χ1n) is 8.13. The van der Waals surface area contributed by atoms with Crippen LogP contribution in [0.15, 0.2) is 0 Å². The van der Waals surface area contributed by atoms with Gasteiger partial charge in [0.25, 0.3) is 0 Å². The van der Waals surface area contributed by atoms with Crippen LogP contribution < -0.4 is 0 Å². The summed E-state index contributed by atoms with van der Waals surface area (Å²) in [5.74, 6) is 2.70. The number of fused-ring (bicyclic) bond motifs is 1. The lowest BCUT2D eigenvalue weighted by Crippen LogP contribution is -2.37. The SMILES string of the molecule is CCC[C@H]1CCC2C[C@](C#N)(CCOC)CC[C@@H]2C1. The Balaban J connectivity index is 1.92. The van der Waals surface area contributed by atoms with Crippen molar-refractivity contribution >= 4 is 0 Å². The molecule has 1 unspecified atom stereocenters. The molecule has 4 atom stereocenters. The van der Waals surface area contributed by atoms with Gasteiger partial charge in [-0.1, -0.05) is 26.2 Å². The molecule has 0 N–H and O–H groups in total. The molecular weight excluding hydrogens is 234 g/mol. The Bertz CT molecular complexity index is 322. The molecular formula is C17H29NO. The monoisotopic (exact) mass is 263 g/mol. The molecule has 2 rings (SSSR count). The molecule has 0 radical (unpaired) electrons. The van der Waals surface area contributed by atoms with Crippen molar-refractivity contribution < 1.29 is 4.74 Å². The van der Waals surface area contributed by atoms with Crippen LogP contribution in [0.1, 0.15) is 64.7 Å². The number of nitrogens with zero attached hydrogens (tertiary/aromatic N) is 1. The van der Waals surface area contributed by atoms with Crippen molar-refractivity contribution in [3.05, 3.63) is 0 Å². The number of hydrogen-bond donors (Lipinski definition) is 0. The Morgan fingerprint density at radius 3 is 2.79 bits per heavy atom. The van der Waals surface area contributed by atoms with Crippen molar-refractivity contribution in [2.75, 3.05) is 13.7 Å². The van der Waals surface area contributed by atoms with Gasteiger partial charge in [0.15, 0.2) is 0 Å². The van der Waals surface area contributed by atoms with E-state index in [1.165, 1.54) is 38.5 Å². The van der Waals surface area contributed by atoms with Crippen LogP contribution >= 0.6 is 0 Å². The lowest BCUT2D eigenvalue weighted by molar-refractivity contribution is 0.0480. The third-order valence-corrected chi connectivity index (χ3v) is 5.61. The van der Waals surface area contributed by atoms with Crippen LogP contribution in [0, 0.1) is 34.5 Å². The molecule has 2 heteroatoms. The van der Waals surface area contributed by atoms with Crippen LogP contribution in [0.3, 0.4) is 0 Å². The predicted octanol–water partition coefficient (Wildman–Crippen LogP) is 4.55. The number of rotatable bonds is 5. The Kier molecular flexibility index (Phi) is 5.28. The van der Waals surface area contributed by atoms with Crippen LogP contribution in [0.4, 0.5) is 0 Å². The summed E-state index contributed by atoms with van der Waals surface area (Å²) >= 11 is 0. The lowest BCUT2D eigenvalue weighted by Gasteiger charge is -2.45. The summed E-state index contributed by atoms with van der Waals surface area (Å²) in [5, 5.41) is 9.59. The first-order chi connectivity index (χ1) is 9.23. The highest BCUT2D eigenvalue weighted by Gasteiger charge is 2.42. The smallest absolute Gasteiger partial charge is 0.0690 e. The molecule has 0 amide bonds. The van der Waals surface area contributed by atoms with Crippen molar-refractivity contribution in [2.45, 2.75) is 64.7 Å². The van der Waals surface area contributed by atoms with Gasteiger partial charge in [0.2, 0.25) is 0 Å². The fourth-order valence-corrected chi connectivity index (χ4v) is 4.46. The van der Waals surface area contributed by atoms with Gasteiger partial charge in [-0.05, 0) is 56.3 Å². The second-order valence-electron chi connectivity index (χ2n) is 6.87.